The number of hydrogen-bond donors (Lipinski definition) is 2. The summed E-state index contributed by atoms with van der Waals surface area (Å²) in [7, 11) is 0. The SMILES string of the molecule is c1ccn2c(-c3cc(NCc4ccc(C5=NCCN5)cc4)ncn3)cnc2c1. The summed E-state index contributed by atoms with van der Waals surface area (Å²) in [6.45, 7) is 2.45. The van der Waals surface area contributed by atoms with Crippen LogP contribution in [0.3, 0.4) is 0 Å². The molecule has 4 heterocycles. The van der Waals surface area contributed by atoms with Crippen molar-refractivity contribution in [2.24, 2.45) is 4.99 Å². The standard InChI is InChI=1S/C21H19N7/c1-2-10-28-18(13-25-20(28)3-1)17-11-19(27-14-26-17)24-12-15-4-6-16(7-5-15)21-22-8-9-23-21/h1-7,10-11,13-14H,8-9,12H2,(H,22,23)(H,24,26,27). The van der Waals surface area contributed by atoms with Crippen molar-refractivity contribution in [1.29, 1.82) is 0 Å². The molecular formula is C21H19N7. The summed E-state index contributed by atoms with van der Waals surface area (Å²) in [4.78, 5) is 17.6. The molecule has 1 aliphatic rings. The normalized spacial score (nSPS) is 13.4. The second-order valence-electron chi connectivity index (χ2n) is 6.57. The van der Waals surface area contributed by atoms with Crippen LogP contribution in [0, 0.1) is 0 Å². The minimum absolute atomic E-state index is 0.684. The first-order valence-corrected chi connectivity index (χ1v) is 9.23. The summed E-state index contributed by atoms with van der Waals surface area (Å²) in [5, 5.41) is 6.67. The van der Waals surface area contributed by atoms with Crippen molar-refractivity contribution in [3.63, 3.8) is 0 Å². The molecule has 28 heavy (non-hydrogen) atoms. The van der Waals surface area contributed by atoms with Gasteiger partial charge in [0.25, 0.3) is 0 Å². The first-order valence-electron chi connectivity index (χ1n) is 9.23. The lowest BCUT2D eigenvalue weighted by atomic mass is 10.1. The zero-order chi connectivity index (χ0) is 18.8. The van der Waals surface area contributed by atoms with Gasteiger partial charge in [-0.2, -0.15) is 0 Å². The van der Waals surface area contributed by atoms with E-state index in [0.29, 0.717) is 6.54 Å². The van der Waals surface area contributed by atoms with Crippen molar-refractivity contribution in [2.45, 2.75) is 6.54 Å². The van der Waals surface area contributed by atoms with E-state index in [1.54, 1.807) is 6.33 Å². The highest BCUT2D eigenvalue weighted by molar-refractivity contribution is 5.99. The third kappa shape index (κ3) is 3.18. The lowest BCUT2D eigenvalue weighted by Crippen LogP contribution is -2.19. The molecule has 0 spiro atoms. The van der Waals surface area contributed by atoms with Crippen molar-refractivity contribution in [2.75, 3.05) is 18.4 Å². The topological polar surface area (TPSA) is 79.5 Å². The Hall–Kier alpha value is -3.74. The fourth-order valence-corrected chi connectivity index (χ4v) is 3.28. The van der Waals surface area contributed by atoms with E-state index >= 15 is 0 Å². The predicted octanol–water partition coefficient (Wildman–Crippen LogP) is 2.75. The van der Waals surface area contributed by atoms with E-state index in [2.05, 4.69) is 54.8 Å². The minimum Gasteiger partial charge on any atom is -0.368 e. The molecule has 0 aliphatic carbocycles. The Morgan fingerprint density at radius 1 is 1.04 bits per heavy atom. The molecule has 0 saturated carbocycles. The number of aromatic nitrogens is 4. The van der Waals surface area contributed by atoms with Crippen LogP contribution in [0.15, 0.2) is 72.2 Å². The van der Waals surface area contributed by atoms with Gasteiger partial charge in [0.1, 0.15) is 23.6 Å². The number of aliphatic imine (C=N–C) groups is 1. The van der Waals surface area contributed by atoms with Gasteiger partial charge < -0.3 is 10.6 Å². The number of nitrogens with one attached hydrogen (secondary N) is 2. The number of hydrogen-bond acceptors (Lipinski definition) is 6. The molecule has 1 aliphatic heterocycles. The number of amidine groups is 1. The molecule has 0 amide bonds. The molecule has 0 saturated heterocycles. The fraction of sp³-hybridized carbons (Fsp3) is 0.143. The number of anilines is 1. The highest BCUT2D eigenvalue weighted by Crippen LogP contribution is 2.20. The Morgan fingerprint density at radius 3 is 2.82 bits per heavy atom. The van der Waals surface area contributed by atoms with Gasteiger partial charge in [-0.25, -0.2) is 15.0 Å². The highest BCUT2D eigenvalue weighted by atomic mass is 15.1. The van der Waals surface area contributed by atoms with Gasteiger partial charge in [0, 0.05) is 30.9 Å². The predicted molar refractivity (Wildman–Crippen MR) is 109 cm³/mol. The third-order valence-corrected chi connectivity index (χ3v) is 4.72. The maximum atomic E-state index is 4.45. The third-order valence-electron chi connectivity index (χ3n) is 4.72. The van der Waals surface area contributed by atoms with E-state index in [9.17, 15) is 0 Å². The largest absolute Gasteiger partial charge is 0.368 e. The zero-order valence-corrected chi connectivity index (χ0v) is 15.2. The van der Waals surface area contributed by atoms with Gasteiger partial charge in [-0.3, -0.25) is 9.39 Å². The molecule has 0 fully saturated rings. The summed E-state index contributed by atoms with van der Waals surface area (Å²) in [6.07, 6.45) is 5.39. The molecule has 0 radical (unpaired) electrons. The van der Waals surface area contributed by atoms with Crippen molar-refractivity contribution >= 4 is 17.3 Å². The van der Waals surface area contributed by atoms with Gasteiger partial charge in [0.2, 0.25) is 0 Å². The number of fused-ring (bicyclic) bond motifs is 1. The molecule has 0 unspecified atom stereocenters. The maximum absolute atomic E-state index is 4.45. The van der Waals surface area contributed by atoms with Gasteiger partial charge in [-0.15, -0.1) is 0 Å². The Morgan fingerprint density at radius 2 is 1.96 bits per heavy atom. The van der Waals surface area contributed by atoms with E-state index in [4.69, 9.17) is 0 Å². The summed E-state index contributed by atoms with van der Waals surface area (Å²) in [6, 6.07) is 16.3. The van der Waals surface area contributed by atoms with Gasteiger partial charge in [-0.1, -0.05) is 30.3 Å². The quantitative estimate of drug-likeness (QED) is 0.565. The molecule has 138 valence electrons. The smallest absolute Gasteiger partial charge is 0.137 e. The Labute approximate surface area is 162 Å². The molecule has 5 rings (SSSR count). The summed E-state index contributed by atoms with van der Waals surface area (Å²) in [5.74, 6) is 1.76. The average molecular weight is 369 g/mol. The van der Waals surface area contributed by atoms with Crippen molar-refractivity contribution < 1.29 is 0 Å². The number of pyridine rings is 1. The second kappa shape index (κ2) is 7.11. The molecular weight excluding hydrogens is 350 g/mol. The molecule has 3 aromatic heterocycles. The van der Waals surface area contributed by atoms with Crippen LogP contribution in [0.1, 0.15) is 11.1 Å². The van der Waals surface area contributed by atoms with Gasteiger partial charge in [0.05, 0.1) is 24.1 Å². The van der Waals surface area contributed by atoms with Gasteiger partial charge >= 0.3 is 0 Å². The van der Waals surface area contributed by atoms with Crippen LogP contribution < -0.4 is 10.6 Å². The number of rotatable bonds is 5. The van der Waals surface area contributed by atoms with Gasteiger partial charge in [-0.05, 0) is 17.7 Å². The zero-order valence-electron chi connectivity index (χ0n) is 15.2. The number of benzene rings is 1. The summed E-state index contributed by atoms with van der Waals surface area (Å²) >= 11 is 0. The van der Waals surface area contributed by atoms with Crippen LogP contribution in [0.2, 0.25) is 0 Å². The summed E-state index contributed by atoms with van der Waals surface area (Å²) < 4.78 is 2.02. The minimum atomic E-state index is 0.684. The molecule has 0 atom stereocenters. The van der Waals surface area contributed by atoms with E-state index < -0.39 is 0 Å². The average Bonchev–Trinajstić information content (AvgIpc) is 3.43. The molecule has 7 heteroatoms. The lowest BCUT2D eigenvalue weighted by Gasteiger charge is -2.08. The van der Waals surface area contributed by atoms with Crippen LogP contribution in [0.5, 0.6) is 0 Å². The van der Waals surface area contributed by atoms with Gasteiger partial charge in [0.15, 0.2) is 0 Å². The fourth-order valence-electron chi connectivity index (χ4n) is 3.28. The highest BCUT2D eigenvalue weighted by Gasteiger charge is 2.09. The first-order chi connectivity index (χ1) is 13.9. The number of nitrogens with zero attached hydrogens (tertiary/aromatic N) is 5. The summed E-state index contributed by atoms with van der Waals surface area (Å²) in [5.41, 5.74) is 4.97. The molecule has 0 bridgehead atoms. The van der Waals surface area contributed by atoms with E-state index in [-0.39, 0.29) is 0 Å². The van der Waals surface area contributed by atoms with E-state index in [0.717, 1.165) is 47.3 Å². The van der Waals surface area contributed by atoms with Crippen molar-refractivity contribution in [3.05, 3.63) is 78.4 Å². The van der Waals surface area contributed by atoms with Crippen LogP contribution >= 0.6 is 0 Å². The Bertz CT molecular complexity index is 1140. The Kier molecular flexibility index (Phi) is 4.17. The molecule has 1 aromatic carbocycles. The van der Waals surface area contributed by atoms with E-state index in [1.807, 2.05) is 41.1 Å². The van der Waals surface area contributed by atoms with Crippen LogP contribution in [0.4, 0.5) is 5.82 Å². The lowest BCUT2D eigenvalue weighted by molar-refractivity contribution is 0.960. The monoisotopic (exact) mass is 369 g/mol. The number of imidazole rings is 1. The van der Waals surface area contributed by atoms with Crippen molar-refractivity contribution in [3.8, 4) is 11.4 Å². The first kappa shape index (κ1) is 16.4. The molecule has 2 N–H and O–H groups in total. The van der Waals surface area contributed by atoms with Crippen LogP contribution in [-0.2, 0) is 6.54 Å². The maximum Gasteiger partial charge on any atom is 0.137 e. The van der Waals surface area contributed by atoms with Crippen LogP contribution in [0.25, 0.3) is 17.0 Å². The Balaban J connectivity index is 1.32. The van der Waals surface area contributed by atoms with Crippen molar-refractivity contribution in [1.82, 2.24) is 24.7 Å². The van der Waals surface area contributed by atoms with E-state index in [1.165, 1.54) is 5.56 Å². The molecule has 4 aromatic rings. The molecule has 7 nitrogen and oxygen atoms in total. The van der Waals surface area contributed by atoms with Crippen LogP contribution in [-0.4, -0.2) is 38.3 Å². The second-order valence-corrected chi connectivity index (χ2v) is 6.57.